The molecule has 0 radical (unpaired) electrons. The lowest BCUT2D eigenvalue weighted by Gasteiger charge is -2.10. The molecule has 0 aromatic heterocycles. The largest absolute Gasteiger partial charge is 0.466 e. The number of carbonyl (C=O) groups is 1. The predicted octanol–water partition coefficient (Wildman–Crippen LogP) is 2.33. The van der Waals surface area contributed by atoms with Gasteiger partial charge in [0.05, 0.1) is 13.0 Å². The Bertz CT molecular complexity index is 478. The number of hydrogen-bond acceptors (Lipinski definition) is 4. The van der Waals surface area contributed by atoms with Crippen molar-refractivity contribution in [3.8, 4) is 0 Å². The van der Waals surface area contributed by atoms with Gasteiger partial charge in [0.2, 0.25) is 0 Å². The first-order chi connectivity index (χ1) is 8.29. The van der Waals surface area contributed by atoms with Crippen LogP contribution in [0, 0.1) is 0 Å². The summed E-state index contributed by atoms with van der Waals surface area (Å²) in [4.78, 5) is 15.5. The number of esters is 1. The Labute approximate surface area is 100 Å². The zero-order valence-electron chi connectivity index (χ0n) is 9.64. The van der Waals surface area contributed by atoms with Crippen molar-refractivity contribution < 1.29 is 9.53 Å². The molecule has 1 N–H and O–H groups in total. The lowest BCUT2D eigenvalue weighted by atomic mass is 10.2. The highest BCUT2D eigenvalue weighted by molar-refractivity contribution is 5.90. The number of benzene rings is 1. The van der Waals surface area contributed by atoms with Crippen LogP contribution in [0.2, 0.25) is 0 Å². The molecular weight excluding hydrogens is 216 g/mol. The number of nitrogens with zero attached hydrogens (tertiary/aromatic N) is 1. The summed E-state index contributed by atoms with van der Waals surface area (Å²) < 4.78 is 4.90. The molecule has 1 aromatic rings. The van der Waals surface area contributed by atoms with Gasteiger partial charge >= 0.3 is 5.97 Å². The van der Waals surface area contributed by atoms with Gasteiger partial charge in [0.25, 0.3) is 0 Å². The molecule has 17 heavy (non-hydrogen) atoms. The number of ether oxygens (including phenoxy) is 1. The molecule has 0 spiro atoms. The summed E-state index contributed by atoms with van der Waals surface area (Å²) in [7, 11) is 0. The third-order valence-corrected chi connectivity index (χ3v) is 2.34. The number of anilines is 1. The number of aliphatic imine (C=N–C) groups is 1. The van der Waals surface area contributed by atoms with Gasteiger partial charge in [-0.2, -0.15) is 0 Å². The highest BCUT2D eigenvalue weighted by Gasteiger charge is 2.10. The minimum atomic E-state index is -0.249. The SMILES string of the molecule is CCOC(=O)CC1=CN=Cc2ccccc2N1. The average Bonchev–Trinajstić information content (AvgIpc) is 2.50. The molecule has 0 amide bonds. The number of carbonyl (C=O) groups excluding carboxylic acids is 1. The molecule has 1 aromatic carbocycles. The average molecular weight is 230 g/mol. The minimum Gasteiger partial charge on any atom is -0.466 e. The van der Waals surface area contributed by atoms with Crippen molar-refractivity contribution in [3.63, 3.8) is 0 Å². The fourth-order valence-corrected chi connectivity index (χ4v) is 1.59. The number of nitrogens with one attached hydrogen (secondary N) is 1. The van der Waals surface area contributed by atoms with Crippen molar-refractivity contribution >= 4 is 17.9 Å². The van der Waals surface area contributed by atoms with E-state index in [1.807, 2.05) is 24.3 Å². The van der Waals surface area contributed by atoms with Crippen LogP contribution in [0.1, 0.15) is 18.9 Å². The first-order valence-electron chi connectivity index (χ1n) is 5.53. The molecule has 0 atom stereocenters. The quantitative estimate of drug-likeness (QED) is 0.811. The summed E-state index contributed by atoms with van der Waals surface area (Å²) in [5, 5.41) is 3.18. The van der Waals surface area contributed by atoms with Gasteiger partial charge in [-0.1, -0.05) is 18.2 Å². The van der Waals surface area contributed by atoms with Gasteiger partial charge < -0.3 is 10.1 Å². The van der Waals surface area contributed by atoms with Crippen LogP contribution < -0.4 is 5.32 Å². The van der Waals surface area contributed by atoms with Crippen LogP contribution in [0.5, 0.6) is 0 Å². The molecule has 0 bridgehead atoms. The highest BCUT2D eigenvalue weighted by atomic mass is 16.5. The third kappa shape index (κ3) is 2.93. The molecule has 0 saturated carbocycles. The summed E-state index contributed by atoms with van der Waals surface area (Å²) in [5.41, 5.74) is 2.69. The van der Waals surface area contributed by atoms with Gasteiger partial charge in [0.15, 0.2) is 0 Å². The topological polar surface area (TPSA) is 50.7 Å². The maximum atomic E-state index is 11.4. The summed E-state index contributed by atoms with van der Waals surface area (Å²) in [6, 6.07) is 7.80. The van der Waals surface area contributed by atoms with Gasteiger partial charge in [-0.15, -0.1) is 0 Å². The molecule has 0 saturated heterocycles. The predicted molar refractivity (Wildman–Crippen MR) is 67.0 cm³/mol. The molecule has 0 unspecified atom stereocenters. The Morgan fingerprint density at radius 2 is 2.24 bits per heavy atom. The summed E-state index contributed by atoms with van der Waals surface area (Å²) in [6.07, 6.45) is 3.62. The Balaban J connectivity index is 2.11. The zero-order chi connectivity index (χ0) is 12.1. The Morgan fingerprint density at radius 1 is 1.41 bits per heavy atom. The lowest BCUT2D eigenvalue weighted by Crippen LogP contribution is -2.09. The van der Waals surface area contributed by atoms with Crippen LogP contribution in [0.4, 0.5) is 5.69 Å². The zero-order valence-corrected chi connectivity index (χ0v) is 9.64. The van der Waals surface area contributed by atoms with Gasteiger partial charge in [0.1, 0.15) is 0 Å². The second-order valence-electron chi connectivity index (χ2n) is 3.63. The van der Waals surface area contributed by atoms with Crippen LogP contribution in [0.3, 0.4) is 0 Å². The monoisotopic (exact) mass is 230 g/mol. The number of hydrogen-bond donors (Lipinski definition) is 1. The number of para-hydroxylation sites is 1. The van der Waals surface area contributed by atoms with E-state index in [4.69, 9.17) is 4.74 Å². The molecule has 0 aliphatic carbocycles. The standard InChI is InChI=1S/C13H14N2O2/c1-2-17-13(16)7-11-9-14-8-10-5-3-4-6-12(10)15-11/h3-6,8-9,15H,2,7H2,1H3. The smallest absolute Gasteiger partial charge is 0.311 e. The lowest BCUT2D eigenvalue weighted by molar-refractivity contribution is -0.142. The third-order valence-electron chi connectivity index (χ3n) is 2.34. The van der Waals surface area contributed by atoms with Crippen molar-refractivity contribution in [2.24, 2.45) is 4.99 Å². The van der Waals surface area contributed by atoms with Gasteiger partial charge in [-0.25, -0.2) is 0 Å². The van der Waals surface area contributed by atoms with Gasteiger partial charge in [-0.05, 0) is 13.0 Å². The molecule has 0 fully saturated rings. The van der Waals surface area contributed by atoms with Crippen LogP contribution in [0.15, 0.2) is 41.2 Å². The summed E-state index contributed by atoms with van der Waals surface area (Å²) in [6.45, 7) is 2.19. The summed E-state index contributed by atoms with van der Waals surface area (Å²) in [5.74, 6) is -0.249. The molecule has 88 valence electrons. The van der Waals surface area contributed by atoms with Crippen molar-refractivity contribution in [1.82, 2.24) is 0 Å². The minimum absolute atomic E-state index is 0.208. The van der Waals surface area contributed by atoms with E-state index in [1.165, 1.54) is 0 Å². The van der Waals surface area contributed by atoms with Crippen molar-refractivity contribution in [3.05, 3.63) is 41.7 Å². The highest BCUT2D eigenvalue weighted by Crippen LogP contribution is 2.19. The number of fused-ring (bicyclic) bond motifs is 1. The number of rotatable bonds is 3. The molecule has 4 heteroatoms. The molecular formula is C13H14N2O2. The van der Waals surface area contributed by atoms with Crippen LogP contribution in [-0.2, 0) is 9.53 Å². The van der Waals surface area contributed by atoms with E-state index in [0.29, 0.717) is 6.61 Å². The Morgan fingerprint density at radius 3 is 3.06 bits per heavy atom. The molecule has 2 rings (SSSR count). The molecule has 1 aliphatic heterocycles. The molecule has 1 aliphatic rings. The van der Waals surface area contributed by atoms with Crippen LogP contribution in [-0.4, -0.2) is 18.8 Å². The van der Waals surface area contributed by atoms with E-state index in [1.54, 1.807) is 19.3 Å². The second-order valence-corrected chi connectivity index (χ2v) is 3.63. The van der Waals surface area contributed by atoms with Crippen LogP contribution in [0.25, 0.3) is 0 Å². The van der Waals surface area contributed by atoms with E-state index in [0.717, 1.165) is 16.9 Å². The Kier molecular flexibility index (Phi) is 3.55. The van der Waals surface area contributed by atoms with Gasteiger partial charge in [-0.3, -0.25) is 9.79 Å². The van der Waals surface area contributed by atoms with E-state index >= 15 is 0 Å². The van der Waals surface area contributed by atoms with Crippen molar-refractivity contribution in [1.29, 1.82) is 0 Å². The van der Waals surface area contributed by atoms with Crippen molar-refractivity contribution in [2.45, 2.75) is 13.3 Å². The summed E-state index contributed by atoms with van der Waals surface area (Å²) >= 11 is 0. The fourth-order valence-electron chi connectivity index (χ4n) is 1.59. The maximum Gasteiger partial charge on any atom is 0.311 e. The normalized spacial score (nSPS) is 13.1. The second kappa shape index (κ2) is 5.30. The van der Waals surface area contributed by atoms with Gasteiger partial charge in [0, 0.05) is 29.4 Å². The van der Waals surface area contributed by atoms with Crippen molar-refractivity contribution in [2.75, 3.05) is 11.9 Å². The van der Waals surface area contributed by atoms with E-state index in [-0.39, 0.29) is 12.4 Å². The maximum absolute atomic E-state index is 11.4. The van der Waals surface area contributed by atoms with E-state index in [2.05, 4.69) is 10.3 Å². The van der Waals surface area contributed by atoms with E-state index < -0.39 is 0 Å². The molecule has 1 heterocycles. The Hall–Kier alpha value is -2.10. The first-order valence-corrected chi connectivity index (χ1v) is 5.53. The first kappa shape index (κ1) is 11.4. The van der Waals surface area contributed by atoms with E-state index in [9.17, 15) is 4.79 Å². The molecule has 4 nitrogen and oxygen atoms in total. The fraction of sp³-hybridized carbons (Fsp3) is 0.231. The van der Waals surface area contributed by atoms with Crippen LogP contribution >= 0.6 is 0 Å².